The number of guanidine groups is 1. The van der Waals surface area contributed by atoms with E-state index >= 15 is 0 Å². The molecule has 0 saturated heterocycles. The third-order valence-electron chi connectivity index (χ3n) is 4.66. The lowest BCUT2D eigenvalue weighted by Crippen LogP contribution is -2.42. The maximum absolute atomic E-state index is 11.4. The molecule has 0 heterocycles. The van der Waals surface area contributed by atoms with Crippen LogP contribution in [0.5, 0.6) is 0 Å². The van der Waals surface area contributed by atoms with Crippen molar-refractivity contribution in [3.8, 4) is 0 Å². The summed E-state index contributed by atoms with van der Waals surface area (Å²) >= 11 is 0. The van der Waals surface area contributed by atoms with Gasteiger partial charge in [0.15, 0.2) is 5.96 Å². The molecule has 0 spiro atoms. The Hall–Kier alpha value is -0.820. The lowest BCUT2D eigenvalue weighted by Gasteiger charge is -2.31. The number of rotatable bonds is 9. The van der Waals surface area contributed by atoms with Crippen LogP contribution < -0.4 is 10.0 Å². The van der Waals surface area contributed by atoms with Gasteiger partial charge >= 0.3 is 0 Å². The molecule has 1 saturated carbocycles. The normalized spacial score (nSPS) is 22.4. The van der Waals surface area contributed by atoms with Crippen LogP contribution in [0.25, 0.3) is 0 Å². The highest BCUT2D eigenvalue weighted by atomic mass is 32.2. The second-order valence-corrected chi connectivity index (χ2v) is 8.99. The Labute approximate surface area is 148 Å². The third kappa shape index (κ3) is 8.33. The van der Waals surface area contributed by atoms with Gasteiger partial charge in [-0.25, -0.2) is 13.1 Å². The lowest BCUT2D eigenvalue weighted by molar-refractivity contribution is 0.250. The molecule has 6 nitrogen and oxygen atoms in total. The topological polar surface area (TPSA) is 73.8 Å². The zero-order valence-corrected chi connectivity index (χ0v) is 16.7. The Balaban J connectivity index is 2.40. The van der Waals surface area contributed by atoms with E-state index in [9.17, 15) is 8.42 Å². The van der Waals surface area contributed by atoms with Gasteiger partial charge in [-0.15, -0.1) is 0 Å². The van der Waals surface area contributed by atoms with Gasteiger partial charge in [0, 0.05) is 33.2 Å². The third-order valence-corrected chi connectivity index (χ3v) is 6.07. The first kappa shape index (κ1) is 21.2. The van der Waals surface area contributed by atoms with Gasteiger partial charge in [-0.1, -0.05) is 19.8 Å². The molecular weight excluding hydrogens is 324 g/mol. The molecule has 1 aliphatic rings. The number of aliphatic imine (C=N–C) groups is 1. The first-order valence-corrected chi connectivity index (χ1v) is 11.0. The van der Waals surface area contributed by atoms with E-state index in [-0.39, 0.29) is 5.75 Å². The highest BCUT2D eigenvalue weighted by molar-refractivity contribution is 7.89. The first-order valence-electron chi connectivity index (χ1n) is 9.34. The first-order chi connectivity index (χ1) is 11.4. The van der Waals surface area contributed by atoms with Crippen molar-refractivity contribution < 1.29 is 8.42 Å². The van der Waals surface area contributed by atoms with E-state index < -0.39 is 10.0 Å². The number of hydrogen-bond donors (Lipinski definition) is 2. The Bertz CT molecular complexity index is 471. The summed E-state index contributed by atoms with van der Waals surface area (Å²) in [5, 5.41) is 3.34. The molecule has 0 atom stereocenters. The highest BCUT2D eigenvalue weighted by Gasteiger charge is 2.20. The smallest absolute Gasteiger partial charge is 0.211 e. The Kier molecular flexibility index (Phi) is 9.66. The maximum Gasteiger partial charge on any atom is 0.211 e. The van der Waals surface area contributed by atoms with Crippen LogP contribution in [0.1, 0.15) is 52.9 Å². The number of nitrogens with one attached hydrogen (secondary N) is 2. The van der Waals surface area contributed by atoms with Gasteiger partial charge in [-0.05, 0) is 44.9 Å². The summed E-state index contributed by atoms with van der Waals surface area (Å²) in [6, 6.07) is 0. The minimum Gasteiger partial charge on any atom is -0.357 e. The minimum atomic E-state index is -3.10. The van der Waals surface area contributed by atoms with Crippen molar-refractivity contribution in [3.05, 3.63) is 0 Å². The molecule has 0 aromatic heterocycles. The van der Waals surface area contributed by atoms with Crippen LogP contribution in [0, 0.1) is 11.8 Å². The molecule has 2 N–H and O–H groups in total. The van der Waals surface area contributed by atoms with Crippen LogP contribution in [-0.4, -0.2) is 58.3 Å². The average Bonchev–Trinajstić information content (AvgIpc) is 2.55. The molecule has 142 valence electrons. The summed E-state index contributed by atoms with van der Waals surface area (Å²) < 4.78 is 25.4. The number of hydrogen-bond acceptors (Lipinski definition) is 3. The van der Waals surface area contributed by atoms with Crippen LogP contribution >= 0.6 is 0 Å². The van der Waals surface area contributed by atoms with Crippen molar-refractivity contribution in [1.29, 1.82) is 0 Å². The SMILES string of the molecule is CCNC(=NCCCNS(=O)(=O)CC)N(C)CC1CCC(C)CC1. The van der Waals surface area contributed by atoms with Crippen molar-refractivity contribution in [1.82, 2.24) is 14.9 Å². The van der Waals surface area contributed by atoms with Crippen LogP contribution in [0.3, 0.4) is 0 Å². The fourth-order valence-corrected chi connectivity index (χ4v) is 3.71. The van der Waals surface area contributed by atoms with Crippen LogP contribution in [0.2, 0.25) is 0 Å². The van der Waals surface area contributed by atoms with E-state index in [1.54, 1.807) is 6.92 Å². The summed E-state index contributed by atoms with van der Waals surface area (Å²) in [6.07, 6.45) is 6.00. The van der Waals surface area contributed by atoms with Gasteiger partial charge in [0.1, 0.15) is 0 Å². The molecule has 0 unspecified atom stereocenters. The van der Waals surface area contributed by atoms with Gasteiger partial charge in [0.25, 0.3) is 0 Å². The molecule has 0 aromatic rings. The van der Waals surface area contributed by atoms with E-state index in [0.717, 1.165) is 30.9 Å². The fraction of sp³-hybridized carbons (Fsp3) is 0.941. The van der Waals surface area contributed by atoms with E-state index in [0.29, 0.717) is 19.5 Å². The zero-order valence-electron chi connectivity index (χ0n) is 15.8. The van der Waals surface area contributed by atoms with Crippen LogP contribution in [0.4, 0.5) is 0 Å². The summed E-state index contributed by atoms with van der Waals surface area (Å²) in [7, 11) is -0.998. The van der Waals surface area contributed by atoms with Crippen molar-refractivity contribution in [2.45, 2.75) is 52.9 Å². The number of sulfonamides is 1. The molecule has 1 rings (SSSR count). The molecule has 0 aromatic carbocycles. The zero-order chi connectivity index (χ0) is 18.0. The molecule has 1 aliphatic carbocycles. The average molecular weight is 361 g/mol. The van der Waals surface area contributed by atoms with Crippen LogP contribution in [-0.2, 0) is 10.0 Å². The molecule has 1 fully saturated rings. The quantitative estimate of drug-likeness (QED) is 0.375. The van der Waals surface area contributed by atoms with Crippen molar-refractivity contribution in [2.24, 2.45) is 16.8 Å². The van der Waals surface area contributed by atoms with Crippen molar-refractivity contribution in [2.75, 3.05) is 39.0 Å². The summed E-state index contributed by atoms with van der Waals surface area (Å²) in [5.41, 5.74) is 0. The van der Waals surface area contributed by atoms with Gasteiger partial charge in [0.2, 0.25) is 10.0 Å². The largest absolute Gasteiger partial charge is 0.357 e. The van der Waals surface area contributed by atoms with Gasteiger partial charge in [0.05, 0.1) is 5.75 Å². The second-order valence-electron chi connectivity index (χ2n) is 6.89. The standard InChI is InChI=1S/C17H36N4O2S/c1-5-18-17(19-12-7-13-20-24(22,23)6-2)21(4)14-16-10-8-15(3)9-11-16/h15-16,20H,5-14H2,1-4H3,(H,18,19). The van der Waals surface area contributed by atoms with E-state index in [1.807, 2.05) is 0 Å². The van der Waals surface area contributed by atoms with Crippen molar-refractivity contribution >= 4 is 16.0 Å². The Morgan fingerprint density at radius 2 is 1.88 bits per heavy atom. The van der Waals surface area contributed by atoms with Gasteiger partial charge < -0.3 is 10.2 Å². The molecular formula is C17H36N4O2S. The predicted molar refractivity (Wildman–Crippen MR) is 102 cm³/mol. The van der Waals surface area contributed by atoms with Crippen molar-refractivity contribution in [3.63, 3.8) is 0 Å². The van der Waals surface area contributed by atoms with E-state index in [4.69, 9.17) is 0 Å². The summed E-state index contributed by atoms with van der Waals surface area (Å²) in [4.78, 5) is 6.86. The van der Waals surface area contributed by atoms with Crippen LogP contribution in [0.15, 0.2) is 4.99 Å². The molecule has 0 amide bonds. The predicted octanol–water partition coefficient (Wildman–Crippen LogP) is 2.04. The summed E-state index contributed by atoms with van der Waals surface area (Å²) in [5.74, 6) is 2.68. The summed E-state index contributed by atoms with van der Waals surface area (Å²) in [6.45, 7) is 9.02. The highest BCUT2D eigenvalue weighted by Crippen LogP contribution is 2.28. The number of nitrogens with zero attached hydrogens (tertiary/aromatic N) is 2. The molecule has 24 heavy (non-hydrogen) atoms. The van der Waals surface area contributed by atoms with Gasteiger partial charge in [-0.3, -0.25) is 4.99 Å². The van der Waals surface area contributed by atoms with E-state index in [2.05, 4.69) is 40.8 Å². The monoisotopic (exact) mass is 360 g/mol. The molecule has 0 radical (unpaired) electrons. The molecule has 7 heteroatoms. The maximum atomic E-state index is 11.4. The molecule has 0 bridgehead atoms. The molecule has 0 aliphatic heterocycles. The Morgan fingerprint density at radius 1 is 1.21 bits per heavy atom. The fourth-order valence-electron chi connectivity index (χ4n) is 3.05. The van der Waals surface area contributed by atoms with Gasteiger partial charge in [-0.2, -0.15) is 0 Å². The van der Waals surface area contributed by atoms with E-state index in [1.165, 1.54) is 25.7 Å². The minimum absolute atomic E-state index is 0.127. The lowest BCUT2D eigenvalue weighted by atomic mass is 9.83. The Morgan fingerprint density at radius 3 is 2.46 bits per heavy atom. The second kappa shape index (κ2) is 10.9.